The molecule has 0 aliphatic heterocycles. The van der Waals surface area contributed by atoms with Crippen molar-refractivity contribution in [3.63, 3.8) is 0 Å². The van der Waals surface area contributed by atoms with Crippen LogP contribution in [0.3, 0.4) is 0 Å². The fourth-order valence-electron chi connectivity index (χ4n) is 1.07. The molecule has 1 N–H and O–H groups in total. The van der Waals surface area contributed by atoms with Crippen LogP contribution in [0.2, 0.25) is 0 Å². The molecule has 3 nitrogen and oxygen atoms in total. The van der Waals surface area contributed by atoms with Crippen molar-refractivity contribution in [1.82, 2.24) is 14.9 Å². The van der Waals surface area contributed by atoms with E-state index in [1.165, 1.54) is 6.20 Å². The lowest BCUT2D eigenvalue weighted by atomic mass is 10.1. The third-order valence-electron chi connectivity index (χ3n) is 1.79. The lowest BCUT2D eigenvalue weighted by Crippen LogP contribution is -2.18. The van der Waals surface area contributed by atoms with Gasteiger partial charge < -0.3 is 5.32 Å². The van der Waals surface area contributed by atoms with E-state index in [0.717, 1.165) is 16.4 Å². The Kier molecular flexibility index (Phi) is 3.82. The molecule has 1 rings (SSSR count). The number of nitrogens with one attached hydrogen (secondary N) is 1. The van der Waals surface area contributed by atoms with E-state index >= 15 is 0 Å². The van der Waals surface area contributed by atoms with Crippen LogP contribution in [0.1, 0.15) is 23.8 Å². The normalized spacial score (nSPS) is 14.3. The SMILES string of the molecule is CNC(CCC(F)(F)F)c1cnns1. The van der Waals surface area contributed by atoms with Gasteiger partial charge in [0.15, 0.2) is 0 Å². The number of rotatable bonds is 4. The van der Waals surface area contributed by atoms with Gasteiger partial charge in [-0.25, -0.2) is 0 Å². The van der Waals surface area contributed by atoms with Crippen LogP contribution in [0.25, 0.3) is 0 Å². The minimum Gasteiger partial charge on any atom is -0.312 e. The van der Waals surface area contributed by atoms with Crippen molar-refractivity contribution in [2.24, 2.45) is 0 Å². The molecule has 0 radical (unpaired) electrons. The van der Waals surface area contributed by atoms with Crippen LogP contribution in [0.15, 0.2) is 6.20 Å². The molecule has 80 valence electrons. The number of halogens is 3. The third-order valence-corrected chi connectivity index (χ3v) is 2.56. The molecule has 0 amide bonds. The van der Waals surface area contributed by atoms with Gasteiger partial charge in [0.25, 0.3) is 0 Å². The van der Waals surface area contributed by atoms with Gasteiger partial charge >= 0.3 is 6.18 Å². The van der Waals surface area contributed by atoms with Crippen LogP contribution in [0.5, 0.6) is 0 Å². The number of hydrogen-bond acceptors (Lipinski definition) is 4. The topological polar surface area (TPSA) is 37.8 Å². The van der Waals surface area contributed by atoms with Gasteiger partial charge in [0, 0.05) is 12.5 Å². The van der Waals surface area contributed by atoms with Crippen molar-refractivity contribution >= 4 is 11.5 Å². The summed E-state index contributed by atoms with van der Waals surface area (Å²) in [6, 6.07) is -0.309. The summed E-state index contributed by atoms with van der Waals surface area (Å²) in [6.07, 6.45) is -3.39. The van der Waals surface area contributed by atoms with E-state index in [0.29, 0.717) is 0 Å². The molecule has 1 atom stereocenters. The van der Waals surface area contributed by atoms with Crippen molar-refractivity contribution in [2.45, 2.75) is 25.1 Å². The summed E-state index contributed by atoms with van der Waals surface area (Å²) in [5, 5.41) is 6.39. The van der Waals surface area contributed by atoms with Gasteiger partial charge in [0.05, 0.1) is 11.1 Å². The molecule has 1 aromatic rings. The fourth-order valence-corrected chi connectivity index (χ4v) is 1.71. The van der Waals surface area contributed by atoms with Gasteiger partial charge in [-0.1, -0.05) is 4.49 Å². The molecule has 0 bridgehead atoms. The first-order valence-electron chi connectivity index (χ1n) is 4.04. The first kappa shape index (κ1) is 11.4. The summed E-state index contributed by atoms with van der Waals surface area (Å²) >= 11 is 1.12. The van der Waals surface area contributed by atoms with E-state index in [1.54, 1.807) is 7.05 Å². The van der Waals surface area contributed by atoms with E-state index < -0.39 is 12.6 Å². The Balaban J connectivity index is 2.49. The van der Waals surface area contributed by atoms with Crippen molar-refractivity contribution < 1.29 is 13.2 Å². The van der Waals surface area contributed by atoms with E-state index in [9.17, 15) is 13.2 Å². The summed E-state index contributed by atoms with van der Waals surface area (Å²) < 4.78 is 39.4. The molecular formula is C7H10F3N3S. The van der Waals surface area contributed by atoms with Crippen molar-refractivity contribution in [3.05, 3.63) is 11.1 Å². The second kappa shape index (κ2) is 4.70. The number of aromatic nitrogens is 2. The number of alkyl halides is 3. The van der Waals surface area contributed by atoms with Gasteiger partial charge in [-0.05, 0) is 25.0 Å². The maximum atomic E-state index is 11.9. The lowest BCUT2D eigenvalue weighted by Gasteiger charge is -2.14. The minimum atomic E-state index is -4.10. The molecule has 0 aliphatic carbocycles. The molecule has 7 heteroatoms. The summed E-state index contributed by atoms with van der Waals surface area (Å²) in [5.74, 6) is 0. The van der Waals surface area contributed by atoms with E-state index in [2.05, 4.69) is 14.9 Å². The number of nitrogens with zero attached hydrogens (tertiary/aromatic N) is 2. The highest BCUT2D eigenvalue weighted by Gasteiger charge is 2.28. The summed E-state index contributed by atoms with van der Waals surface area (Å²) in [5.41, 5.74) is 0. The minimum absolute atomic E-state index is 0.0177. The largest absolute Gasteiger partial charge is 0.389 e. The molecule has 1 heterocycles. The molecule has 1 unspecified atom stereocenters. The molecule has 14 heavy (non-hydrogen) atoms. The maximum absolute atomic E-state index is 11.9. The number of hydrogen-bond donors (Lipinski definition) is 1. The Hall–Kier alpha value is -0.690. The van der Waals surface area contributed by atoms with Crippen LogP contribution >= 0.6 is 11.5 Å². The van der Waals surface area contributed by atoms with Crippen LogP contribution in [-0.4, -0.2) is 22.8 Å². The zero-order valence-corrected chi connectivity index (χ0v) is 8.32. The predicted molar refractivity (Wildman–Crippen MR) is 47.0 cm³/mol. The van der Waals surface area contributed by atoms with E-state index in [1.807, 2.05) is 0 Å². The van der Waals surface area contributed by atoms with Crippen molar-refractivity contribution in [2.75, 3.05) is 7.05 Å². The van der Waals surface area contributed by atoms with Crippen LogP contribution < -0.4 is 5.32 Å². The average Bonchev–Trinajstić information content (AvgIpc) is 2.56. The molecule has 0 saturated carbocycles. The van der Waals surface area contributed by atoms with Gasteiger partial charge in [-0.15, -0.1) is 5.10 Å². The Labute approximate surface area is 83.5 Å². The Morgan fingerprint density at radius 1 is 1.57 bits per heavy atom. The predicted octanol–water partition coefficient (Wildman–Crippen LogP) is 2.14. The monoisotopic (exact) mass is 225 g/mol. The molecule has 0 fully saturated rings. The first-order chi connectivity index (χ1) is 6.53. The van der Waals surface area contributed by atoms with Gasteiger partial charge in [-0.3, -0.25) is 0 Å². The quantitative estimate of drug-likeness (QED) is 0.853. The smallest absolute Gasteiger partial charge is 0.312 e. The zero-order chi connectivity index (χ0) is 10.6. The lowest BCUT2D eigenvalue weighted by molar-refractivity contribution is -0.136. The highest BCUT2D eigenvalue weighted by Crippen LogP contribution is 2.27. The van der Waals surface area contributed by atoms with E-state index in [-0.39, 0.29) is 12.5 Å². The Morgan fingerprint density at radius 3 is 2.71 bits per heavy atom. The second-order valence-electron chi connectivity index (χ2n) is 2.81. The van der Waals surface area contributed by atoms with Crippen molar-refractivity contribution in [3.8, 4) is 0 Å². The average molecular weight is 225 g/mol. The molecule has 0 saturated heterocycles. The highest BCUT2D eigenvalue weighted by molar-refractivity contribution is 7.05. The summed E-state index contributed by atoms with van der Waals surface area (Å²) in [6.45, 7) is 0. The molecular weight excluding hydrogens is 215 g/mol. The fraction of sp³-hybridized carbons (Fsp3) is 0.714. The van der Waals surface area contributed by atoms with Gasteiger partial charge in [0.2, 0.25) is 0 Å². The summed E-state index contributed by atoms with van der Waals surface area (Å²) in [4.78, 5) is 0.733. The molecule has 0 spiro atoms. The van der Waals surface area contributed by atoms with Crippen LogP contribution in [0.4, 0.5) is 13.2 Å². The Bertz CT molecular complexity index is 260. The maximum Gasteiger partial charge on any atom is 0.389 e. The Morgan fingerprint density at radius 2 is 2.29 bits per heavy atom. The third kappa shape index (κ3) is 3.59. The van der Waals surface area contributed by atoms with Crippen molar-refractivity contribution in [1.29, 1.82) is 0 Å². The van der Waals surface area contributed by atoms with Crippen LogP contribution in [0, 0.1) is 0 Å². The molecule has 0 aliphatic rings. The van der Waals surface area contributed by atoms with Gasteiger partial charge in [0.1, 0.15) is 0 Å². The second-order valence-corrected chi connectivity index (χ2v) is 3.63. The highest BCUT2D eigenvalue weighted by atomic mass is 32.1. The van der Waals surface area contributed by atoms with Gasteiger partial charge in [-0.2, -0.15) is 13.2 Å². The first-order valence-corrected chi connectivity index (χ1v) is 4.81. The molecule has 1 aromatic heterocycles. The summed E-state index contributed by atoms with van der Waals surface area (Å²) in [7, 11) is 1.63. The zero-order valence-electron chi connectivity index (χ0n) is 7.51. The molecule has 0 aromatic carbocycles. The standard InChI is InChI=1S/C7H10F3N3S/c1-11-5(2-3-7(8,9)10)6-4-12-13-14-6/h4-5,11H,2-3H2,1H3. The van der Waals surface area contributed by atoms with Crippen LogP contribution in [-0.2, 0) is 0 Å². The van der Waals surface area contributed by atoms with E-state index in [4.69, 9.17) is 0 Å².